The largest absolute Gasteiger partial charge is 0.419 e. The lowest BCUT2D eigenvalue weighted by Crippen LogP contribution is -2.54. The van der Waals surface area contributed by atoms with E-state index in [4.69, 9.17) is 0 Å². The van der Waals surface area contributed by atoms with Gasteiger partial charge in [0.2, 0.25) is 0 Å². The van der Waals surface area contributed by atoms with Gasteiger partial charge in [0.1, 0.15) is 0 Å². The molecule has 11 heteroatoms. The van der Waals surface area contributed by atoms with Crippen LogP contribution in [0.2, 0.25) is 0 Å². The second-order valence-electron chi connectivity index (χ2n) is 3.23. The topological polar surface area (TPSA) is 9.23 Å². The van der Waals surface area contributed by atoms with Crippen LogP contribution in [0.3, 0.4) is 0 Å². The quantitative estimate of drug-likeness (QED) is 0.649. The molecule has 0 fully saturated rings. The van der Waals surface area contributed by atoms with Crippen LogP contribution in [0.5, 0.6) is 0 Å². The molecule has 0 radical (unpaired) electrons. The van der Waals surface area contributed by atoms with Gasteiger partial charge in [0.25, 0.3) is 17.9 Å². The van der Waals surface area contributed by atoms with Crippen LogP contribution in [0.1, 0.15) is 13.3 Å². The van der Waals surface area contributed by atoms with Crippen molar-refractivity contribution in [1.29, 1.82) is 0 Å². The zero-order valence-corrected chi connectivity index (χ0v) is 8.97. The fourth-order valence-electron chi connectivity index (χ4n) is 0.888. The molecule has 1 atom stereocenters. The Balaban J connectivity index is 5.43. The Morgan fingerprint density at radius 2 is 1.42 bits per heavy atom. The Bertz CT molecular complexity index is 347. The minimum Gasteiger partial charge on any atom is -0.246 e. The van der Waals surface area contributed by atoms with Crippen LogP contribution in [0.25, 0.3) is 0 Å². The van der Waals surface area contributed by atoms with Crippen LogP contribution in [-0.4, -0.2) is 24.3 Å². The zero-order valence-electron chi connectivity index (χ0n) is 8.97. The van der Waals surface area contributed by atoms with E-state index in [1.807, 2.05) is 0 Å². The fraction of sp³-hybridized carbons (Fsp3) is 0.750. The van der Waals surface area contributed by atoms with Crippen LogP contribution in [-0.2, 0) is 4.74 Å². The van der Waals surface area contributed by atoms with Crippen molar-refractivity contribution >= 4 is 0 Å². The second kappa shape index (κ2) is 5.55. The summed E-state index contributed by atoms with van der Waals surface area (Å²) in [5.41, 5.74) is -4.89. The van der Waals surface area contributed by atoms with E-state index in [1.54, 1.807) is 0 Å². The van der Waals surface area contributed by atoms with E-state index in [-0.39, 0.29) is 0 Å². The van der Waals surface area contributed by atoms with Gasteiger partial charge in [0, 0.05) is 0 Å². The average molecular weight is 308 g/mol. The van der Waals surface area contributed by atoms with Crippen molar-refractivity contribution in [2.75, 3.05) is 0 Å². The number of hydrogen-bond acceptors (Lipinski definition) is 1. The fourth-order valence-corrected chi connectivity index (χ4v) is 0.888. The second-order valence-corrected chi connectivity index (χ2v) is 3.23. The van der Waals surface area contributed by atoms with Gasteiger partial charge >= 0.3 is 18.3 Å². The highest BCUT2D eigenvalue weighted by Crippen LogP contribution is 2.46. The molecule has 0 aromatic carbocycles. The van der Waals surface area contributed by atoms with Crippen LogP contribution < -0.4 is 0 Å². The summed E-state index contributed by atoms with van der Waals surface area (Å²) in [6.07, 6.45) is -21.7. The highest BCUT2D eigenvalue weighted by Gasteiger charge is 2.66. The Labute approximate surface area is 99.4 Å². The molecule has 0 aromatic rings. The van der Waals surface area contributed by atoms with Gasteiger partial charge in [0.15, 0.2) is 0 Å². The van der Waals surface area contributed by atoms with Gasteiger partial charge in [-0.1, -0.05) is 6.92 Å². The Morgan fingerprint density at radius 1 is 1.00 bits per heavy atom. The van der Waals surface area contributed by atoms with E-state index in [0.29, 0.717) is 6.92 Å². The number of halogens is 10. The molecule has 0 aromatic heterocycles. The van der Waals surface area contributed by atoms with E-state index >= 15 is 0 Å². The van der Waals surface area contributed by atoms with Gasteiger partial charge < -0.3 is 0 Å². The maximum atomic E-state index is 13.1. The van der Waals surface area contributed by atoms with Gasteiger partial charge in [-0.15, -0.1) is 0 Å². The molecule has 0 aliphatic rings. The molecule has 0 aliphatic heterocycles. The van der Waals surface area contributed by atoms with Crippen molar-refractivity contribution in [2.45, 2.75) is 37.7 Å². The number of alkyl halides is 7. The minimum atomic E-state index is -5.95. The third-order valence-corrected chi connectivity index (χ3v) is 2.02. The summed E-state index contributed by atoms with van der Waals surface area (Å²) in [5.74, 6) is -3.72. The van der Waals surface area contributed by atoms with Gasteiger partial charge in [-0.25, -0.2) is 17.9 Å². The van der Waals surface area contributed by atoms with E-state index in [2.05, 4.69) is 4.74 Å². The summed E-state index contributed by atoms with van der Waals surface area (Å²) in [7, 11) is 0. The monoisotopic (exact) mass is 308 g/mol. The van der Waals surface area contributed by atoms with Crippen molar-refractivity contribution in [3.05, 3.63) is 11.9 Å². The van der Waals surface area contributed by atoms with Gasteiger partial charge in [0.05, 0.1) is 0 Å². The minimum absolute atomic E-state index is 0.448. The summed E-state index contributed by atoms with van der Waals surface area (Å²) in [4.78, 5) is 0. The Hall–Kier alpha value is -1.00. The summed E-state index contributed by atoms with van der Waals surface area (Å²) in [5, 5.41) is 0. The predicted molar refractivity (Wildman–Crippen MR) is 41.5 cm³/mol. The highest BCUT2D eigenvalue weighted by molar-refractivity contribution is 5.01. The molecule has 0 bridgehead atoms. The van der Waals surface area contributed by atoms with Crippen molar-refractivity contribution < 1.29 is 48.6 Å². The molecule has 0 saturated carbocycles. The first kappa shape index (κ1) is 18.0. The lowest BCUT2D eigenvalue weighted by atomic mass is 10.0. The van der Waals surface area contributed by atoms with Crippen molar-refractivity contribution in [3.8, 4) is 0 Å². The molecule has 1 unspecified atom stereocenters. The first-order chi connectivity index (χ1) is 8.32. The average Bonchev–Trinajstić information content (AvgIpc) is 2.24. The molecule has 0 spiro atoms. The molecule has 0 rings (SSSR count). The highest BCUT2D eigenvalue weighted by atomic mass is 19.3. The molecule has 0 heterocycles. The van der Waals surface area contributed by atoms with E-state index in [0.717, 1.165) is 0 Å². The summed E-state index contributed by atoms with van der Waals surface area (Å²) in [6, 6.07) is 0. The number of ether oxygens (including phenoxy) is 1. The Kier molecular flexibility index (Phi) is 5.26. The normalized spacial score (nSPS) is 16.4. The van der Waals surface area contributed by atoms with Crippen molar-refractivity contribution in [1.82, 2.24) is 0 Å². The lowest BCUT2D eigenvalue weighted by Gasteiger charge is -2.32. The maximum absolute atomic E-state index is 13.1. The standard InChI is InChI=1S/C8H6F10O/c1-2-6(14,5(12)13)8(17,18)19-7(15,16)3(9)4(10)11/h5H,2H2,1H3. The van der Waals surface area contributed by atoms with Gasteiger partial charge in [-0.05, 0) is 6.42 Å². The molecular weight excluding hydrogens is 302 g/mol. The first-order valence-electron chi connectivity index (χ1n) is 4.46. The summed E-state index contributed by atoms with van der Waals surface area (Å²) in [6.45, 7) is 0.448. The Morgan fingerprint density at radius 3 is 1.68 bits per heavy atom. The third-order valence-electron chi connectivity index (χ3n) is 2.02. The van der Waals surface area contributed by atoms with E-state index in [9.17, 15) is 43.9 Å². The van der Waals surface area contributed by atoms with Gasteiger partial charge in [-0.2, -0.15) is 30.7 Å². The van der Waals surface area contributed by atoms with E-state index < -0.39 is 42.6 Å². The molecule has 0 amide bonds. The molecule has 114 valence electrons. The molecule has 19 heavy (non-hydrogen) atoms. The van der Waals surface area contributed by atoms with Crippen LogP contribution in [0, 0.1) is 0 Å². The SMILES string of the molecule is CCC(F)(C(F)F)C(F)(F)OC(F)(F)C(F)=C(F)F. The maximum Gasteiger partial charge on any atom is 0.419 e. The molecule has 0 aliphatic carbocycles. The van der Waals surface area contributed by atoms with Gasteiger partial charge in [-0.3, -0.25) is 0 Å². The molecular formula is C8H6F10O. The van der Waals surface area contributed by atoms with Crippen molar-refractivity contribution in [2.24, 2.45) is 0 Å². The number of rotatable bonds is 6. The predicted octanol–water partition coefficient (Wildman–Crippen LogP) is 4.65. The summed E-state index contributed by atoms with van der Waals surface area (Å²) >= 11 is 0. The zero-order chi connectivity index (χ0) is 15.6. The smallest absolute Gasteiger partial charge is 0.246 e. The molecule has 1 nitrogen and oxygen atoms in total. The lowest BCUT2D eigenvalue weighted by molar-refractivity contribution is -0.414. The molecule has 0 N–H and O–H groups in total. The van der Waals surface area contributed by atoms with Crippen molar-refractivity contribution in [3.63, 3.8) is 0 Å². The first-order valence-corrected chi connectivity index (χ1v) is 4.46. The molecule has 0 saturated heterocycles. The number of hydrogen-bond donors (Lipinski definition) is 0. The van der Waals surface area contributed by atoms with Crippen LogP contribution >= 0.6 is 0 Å². The van der Waals surface area contributed by atoms with E-state index in [1.165, 1.54) is 0 Å². The summed E-state index contributed by atoms with van der Waals surface area (Å²) < 4.78 is 125. The van der Waals surface area contributed by atoms with Crippen LogP contribution in [0.4, 0.5) is 43.9 Å². The van der Waals surface area contributed by atoms with Crippen LogP contribution in [0.15, 0.2) is 11.9 Å². The third kappa shape index (κ3) is 3.51.